The van der Waals surface area contributed by atoms with Crippen LogP contribution in [0.1, 0.15) is 0 Å². The van der Waals surface area contributed by atoms with Crippen LogP contribution in [0.5, 0.6) is 0 Å². The van der Waals surface area contributed by atoms with E-state index in [0.717, 1.165) is 0 Å². The Labute approximate surface area is 236 Å². The van der Waals surface area contributed by atoms with Gasteiger partial charge < -0.3 is 4.42 Å². The monoisotopic (exact) mass is 692 g/mol. The molecule has 0 fully saturated rings. The Balaban J connectivity index is 2.53. The first kappa shape index (κ1) is 34.2. The number of hydrogen-bond donors (Lipinski definition) is 0. The third kappa shape index (κ3) is 4.82. The first-order valence-corrected chi connectivity index (χ1v) is 11.1. The van der Waals surface area contributed by atoms with Gasteiger partial charge in [0.1, 0.15) is 29.1 Å². The summed E-state index contributed by atoms with van der Waals surface area (Å²) in [4.78, 5) is 22.6. The van der Waals surface area contributed by atoms with E-state index in [1.165, 1.54) is 0 Å². The summed E-state index contributed by atoms with van der Waals surface area (Å²) >= 11 is 0. The van der Waals surface area contributed by atoms with Gasteiger partial charge in [-0.05, 0) is 0 Å². The van der Waals surface area contributed by atoms with Crippen molar-refractivity contribution in [2.45, 2.75) is 18.5 Å². The summed E-state index contributed by atoms with van der Waals surface area (Å²) in [6.45, 7) is 2.14. The fourth-order valence-corrected chi connectivity index (χ4v) is 4.19. The van der Waals surface area contributed by atoms with Gasteiger partial charge >= 0.3 is 18.5 Å². The molecule has 1 aromatic heterocycles. The lowest BCUT2D eigenvalue weighted by atomic mass is 10.1. The number of ketones is 2. The molecule has 3 aromatic carbocycles. The largest absolute Gasteiger partial charge is 0.457 e. The summed E-state index contributed by atoms with van der Waals surface area (Å²) in [6, 6.07) is 0. The van der Waals surface area contributed by atoms with Crippen LogP contribution in [0.4, 0.5) is 79.0 Å². The summed E-state index contributed by atoms with van der Waals surface area (Å²) in [5.41, 5.74) is -7.43. The molecule has 0 aliphatic heterocycles. The minimum absolute atomic E-state index is 2.14. The fourth-order valence-electron chi connectivity index (χ4n) is 4.19. The van der Waals surface area contributed by atoms with Crippen molar-refractivity contribution in [3.63, 3.8) is 0 Å². The number of allylic oxidation sites excluding steroid dienone is 1. The number of carbonyl (C=O) groups is 2. The number of alkyl halides is 9. The van der Waals surface area contributed by atoms with E-state index in [4.69, 9.17) is 0 Å². The Morgan fingerprint density at radius 2 is 0.739 bits per heavy atom. The van der Waals surface area contributed by atoms with E-state index in [-0.39, 0.29) is 0 Å². The summed E-state index contributed by atoms with van der Waals surface area (Å²) in [5, 5.41) is -17.2. The molecule has 4 rings (SSSR count). The molecule has 0 unspecified atom stereocenters. The lowest BCUT2D eigenvalue weighted by Gasteiger charge is -2.07. The minimum Gasteiger partial charge on any atom is -0.450 e. The maximum atomic E-state index is 15.6. The van der Waals surface area contributed by atoms with Gasteiger partial charge in [-0.1, -0.05) is 6.58 Å². The smallest absolute Gasteiger partial charge is 0.450 e. The molecule has 4 aromatic rings. The zero-order valence-electron chi connectivity index (χ0n) is 20.7. The van der Waals surface area contributed by atoms with Crippen LogP contribution in [0.2, 0.25) is 0 Å². The number of Topliss-reactive ketones (excluding diaryl/α,β-unsaturated/α-hetero) is 2. The molecule has 246 valence electrons. The first-order chi connectivity index (χ1) is 20.8. The normalized spacial score (nSPS) is 15.2. The maximum Gasteiger partial charge on any atom is 0.457 e. The molecule has 0 aliphatic carbocycles. The molecular formula is C25H2F18O3. The van der Waals surface area contributed by atoms with Gasteiger partial charge in [-0.25, -0.2) is 39.5 Å². The molecule has 1 heterocycles. The van der Waals surface area contributed by atoms with Crippen LogP contribution in [0, 0.1) is 34.9 Å². The molecule has 0 atom stereocenters. The molecule has 3 nitrogen and oxygen atoms in total. The summed E-state index contributed by atoms with van der Waals surface area (Å²) < 4.78 is 256. The van der Waals surface area contributed by atoms with Crippen molar-refractivity contribution in [1.82, 2.24) is 0 Å². The Hall–Kier alpha value is -4.72. The van der Waals surface area contributed by atoms with Crippen LogP contribution in [0.3, 0.4) is 0 Å². The Morgan fingerprint density at radius 3 is 1.02 bits per heavy atom. The predicted octanol–water partition coefficient (Wildman–Crippen LogP) is 6.91. The average molecular weight is 692 g/mol. The Bertz CT molecular complexity index is 2110. The van der Waals surface area contributed by atoms with Gasteiger partial charge in [0, 0.05) is 10.8 Å². The number of carbonyl (C=O) groups excluding carboxylic acids is 2. The van der Waals surface area contributed by atoms with Gasteiger partial charge in [-0.2, -0.15) is 39.5 Å². The average Bonchev–Trinajstić information content (AvgIpc) is 3.35. The lowest BCUT2D eigenvalue weighted by Crippen LogP contribution is -2.27. The van der Waals surface area contributed by atoms with Gasteiger partial charge in [-0.15, -0.1) is 0 Å². The Morgan fingerprint density at radius 1 is 0.457 bits per heavy atom. The highest BCUT2D eigenvalue weighted by Crippen LogP contribution is 2.40. The molecule has 0 saturated carbocycles. The SMILES string of the molecule is C=C(C(F)=c1c(F)c2c3c(F)/c(=C(/F)C(=O)C(F)(F)F)c(F)c3oc3c(F)/c(=C(/F)C(=O)C(F)(F)F)c(F)c3c2c1F)C(F)(F)F. The highest BCUT2D eigenvalue weighted by molar-refractivity contribution is 6.20. The third-order valence-corrected chi connectivity index (χ3v) is 6.18. The second kappa shape index (κ2) is 10.4. The zero-order chi connectivity index (χ0) is 35.3. The molecule has 46 heavy (non-hydrogen) atoms. The second-order valence-corrected chi connectivity index (χ2v) is 8.84. The van der Waals surface area contributed by atoms with E-state index in [0.29, 0.717) is 0 Å². The summed E-state index contributed by atoms with van der Waals surface area (Å²) in [7, 11) is 0. The van der Waals surface area contributed by atoms with Gasteiger partial charge in [0.2, 0.25) is 0 Å². The molecule has 0 radical (unpaired) electrons. The van der Waals surface area contributed by atoms with Crippen molar-refractivity contribution >= 4 is 61.8 Å². The molecule has 0 bridgehead atoms. The molecule has 21 heteroatoms. The number of rotatable bonds is 3. The van der Waals surface area contributed by atoms with Gasteiger partial charge in [0.15, 0.2) is 34.5 Å². The topological polar surface area (TPSA) is 47.3 Å². The quantitative estimate of drug-likeness (QED) is 0.220. The predicted molar refractivity (Wildman–Crippen MR) is 116 cm³/mol. The van der Waals surface area contributed by atoms with Crippen molar-refractivity contribution in [2.75, 3.05) is 0 Å². The minimum atomic E-state index is -6.24. The summed E-state index contributed by atoms with van der Waals surface area (Å²) in [5.74, 6) is -34.5. The van der Waals surface area contributed by atoms with Gasteiger partial charge in [-0.3, -0.25) is 9.59 Å². The maximum absolute atomic E-state index is 15.6. The highest BCUT2D eigenvalue weighted by Gasteiger charge is 2.45. The fraction of sp³-hybridized carbons (Fsp3) is 0.120. The molecule has 0 N–H and O–H groups in total. The van der Waals surface area contributed by atoms with Gasteiger partial charge in [0.05, 0.1) is 32.0 Å². The zero-order valence-corrected chi connectivity index (χ0v) is 20.7. The van der Waals surface area contributed by atoms with Crippen LogP contribution in [0.15, 0.2) is 16.6 Å². The van der Waals surface area contributed by atoms with E-state index in [9.17, 15) is 62.3 Å². The second-order valence-electron chi connectivity index (χ2n) is 8.84. The van der Waals surface area contributed by atoms with Crippen LogP contribution in [-0.4, -0.2) is 30.1 Å². The molecule has 0 spiro atoms. The van der Waals surface area contributed by atoms with E-state index < -0.39 is 136 Å². The van der Waals surface area contributed by atoms with Gasteiger partial charge in [0.25, 0.3) is 11.6 Å². The number of fused-ring (bicyclic) bond motifs is 5. The van der Waals surface area contributed by atoms with E-state index in [1.54, 1.807) is 0 Å². The van der Waals surface area contributed by atoms with Crippen LogP contribution in [-0.2, 0) is 9.59 Å². The number of halogens is 18. The first-order valence-electron chi connectivity index (χ1n) is 11.1. The van der Waals surface area contributed by atoms with E-state index in [1.807, 2.05) is 0 Å². The lowest BCUT2D eigenvalue weighted by molar-refractivity contribution is -0.165. The molecule has 0 saturated heterocycles. The Kier molecular flexibility index (Phi) is 7.73. The van der Waals surface area contributed by atoms with E-state index in [2.05, 4.69) is 11.0 Å². The van der Waals surface area contributed by atoms with Crippen molar-refractivity contribution in [3.8, 4) is 0 Å². The van der Waals surface area contributed by atoms with Crippen LogP contribution in [0.25, 0.3) is 50.2 Å². The van der Waals surface area contributed by atoms with Crippen LogP contribution >= 0.6 is 0 Å². The summed E-state index contributed by atoms with van der Waals surface area (Å²) in [6.07, 6.45) is -18.4. The molecular weight excluding hydrogens is 690 g/mol. The third-order valence-electron chi connectivity index (χ3n) is 6.18. The number of hydrogen-bond acceptors (Lipinski definition) is 3. The molecule has 0 aliphatic rings. The molecule has 0 amide bonds. The van der Waals surface area contributed by atoms with Crippen molar-refractivity contribution in [1.29, 1.82) is 0 Å². The van der Waals surface area contributed by atoms with Crippen molar-refractivity contribution < 1.29 is 93.0 Å². The standard InChI is InChI=1S/C25H2F18O3/c1-2(23(35,36)37)10(26)7-11(27)3-4(12(7)28)6-14(30)9(18(34)22(45)25(41,42)43)16(32)20(6)46-19-5(3)13(29)8(15(19)31)17(33)21(44)24(38,39)40/h1H2/b10-7?,17-8-,18-9+. The highest BCUT2D eigenvalue weighted by atomic mass is 19.4. The van der Waals surface area contributed by atoms with E-state index >= 15 is 26.3 Å². The van der Waals surface area contributed by atoms with Crippen molar-refractivity contribution in [2.24, 2.45) is 0 Å². The van der Waals surface area contributed by atoms with Crippen molar-refractivity contribution in [3.05, 3.63) is 62.7 Å². The van der Waals surface area contributed by atoms with Crippen LogP contribution < -0.4 is 15.7 Å².